The Bertz CT molecular complexity index is 1270. The smallest absolute Gasteiger partial charge is 0.336 e. The van der Waals surface area contributed by atoms with Gasteiger partial charge in [0.15, 0.2) is 5.78 Å². The minimum atomic E-state index is -1.06. The molecule has 0 spiro atoms. The zero-order valence-electron chi connectivity index (χ0n) is 22.3. The molecule has 0 amide bonds. The SMILES string of the molecule is CCOC(=O)C1=C(C)NC2=C(C(=O)C(C(=O)OCC)C(c3ccc(OC)cc3)C2)C1c1ccc(OC)cc1. The van der Waals surface area contributed by atoms with E-state index in [0.717, 1.165) is 11.1 Å². The largest absolute Gasteiger partial charge is 0.497 e. The van der Waals surface area contributed by atoms with Crippen molar-refractivity contribution in [3.05, 3.63) is 82.2 Å². The molecule has 200 valence electrons. The summed E-state index contributed by atoms with van der Waals surface area (Å²) in [4.78, 5) is 40.7. The molecule has 1 N–H and O–H groups in total. The summed E-state index contributed by atoms with van der Waals surface area (Å²) in [5, 5.41) is 3.31. The van der Waals surface area contributed by atoms with E-state index in [1.807, 2.05) is 36.4 Å². The number of esters is 2. The molecule has 1 aliphatic heterocycles. The second-order valence-corrected chi connectivity index (χ2v) is 9.16. The Morgan fingerprint density at radius 3 is 1.95 bits per heavy atom. The van der Waals surface area contributed by atoms with Crippen LogP contribution in [-0.4, -0.2) is 45.2 Å². The maximum Gasteiger partial charge on any atom is 0.336 e. The summed E-state index contributed by atoms with van der Waals surface area (Å²) in [6.07, 6.45) is 0.386. The van der Waals surface area contributed by atoms with Crippen LogP contribution in [0.25, 0.3) is 0 Å². The van der Waals surface area contributed by atoms with E-state index in [9.17, 15) is 14.4 Å². The third-order valence-corrected chi connectivity index (χ3v) is 7.05. The molecule has 4 rings (SSSR count). The first-order valence-electron chi connectivity index (χ1n) is 12.7. The van der Waals surface area contributed by atoms with Crippen LogP contribution in [-0.2, 0) is 23.9 Å². The molecule has 2 aromatic carbocycles. The summed E-state index contributed by atoms with van der Waals surface area (Å²) < 4.78 is 21.4. The number of rotatable bonds is 8. The van der Waals surface area contributed by atoms with Crippen molar-refractivity contribution in [2.75, 3.05) is 27.4 Å². The number of hydrogen-bond acceptors (Lipinski definition) is 8. The average molecular weight is 520 g/mol. The van der Waals surface area contributed by atoms with Gasteiger partial charge in [-0.1, -0.05) is 24.3 Å². The van der Waals surface area contributed by atoms with Gasteiger partial charge in [-0.3, -0.25) is 9.59 Å². The molecule has 0 saturated carbocycles. The summed E-state index contributed by atoms with van der Waals surface area (Å²) in [5.41, 5.74) is 3.56. The quantitative estimate of drug-likeness (QED) is 0.404. The maximum absolute atomic E-state index is 14.3. The monoisotopic (exact) mass is 519 g/mol. The molecule has 3 atom stereocenters. The number of nitrogens with one attached hydrogen (secondary N) is 1. The van der Waals surface area contributed by atoms with Crippen molar-refractivity contribution in [3.8, 4) is 11.5 Å². The number of carbonyl (C=O) groups is 3. The number of allylic oxidation sites excluding steroid dienone is 3. The van der Waals surface area contributed by atoms with Gasteiger partial charge in [0.25, 0.3) is 0 Å². The zero-order chi connectivity index (χ0) is 27.4. The Morgan fingerprint density at radius 1 is 0.868 bits per heavy atom. The van der Waals surface area contributed by atoms with E-state index in [4.69, 9.17) is 18.9 Å². The summed E-state index contributed by atoms with van der Waals surface area (Å²) >= 11 is 0. The number of Topliss-reactive ketones (excluding diaryl/α,β-unsaturated/α-hetero) is 1. The fraction of sp³-hybridized carbons (Fsp3) is 0.367. The van der Waals surface area contributed by atoms with Gasteiger partial charge in [-0.15, -0.1) is 0 Å². The number of dihydropyridines is 1. The molecule has 38 heavy (non-hydrogen) atoms. The molecule has 1 aliphatic carbocycles. The normalized spacial score (nSPS) is 20.9. The van der Waals surface area contributed by atoms with Crippen molar-refractivity contribution in [1.82, 2.24) is 5.32 Å². The topological polar surface area (TPSA) is 100 Å². The van der Waals surface area contributed by atoms with E-state index in [0.29, 0.717) is 40.5 Å². The Balaban J connectivity index is 1.87. The van der Waals surface area contributed by atoms with Crippen molar-refractivity contribution >= 4 is 17.7 Å². The van der Waals surface area contributed by atoms with Crippen molar-refractivity contribution in [2.24, 2.45) is 5.92 Å². The number of methoxy groups -OCH3 is 2. The standard InChI is InChI=1S/C30H33NO7/c1-6-37-29(33)24-17(3)31-23-16-22(18-8-12-20(35-4)13-9-18)26(30(34)38-7-2)28(32)27(23)25(24)19-10-14-21(36-5)15-11-19/h8-15,22,25-26,31H,6-7,16H2,1-5H3. The zero-order valence-corrected chi connectivity index (χ0v) is 22.3. The summed E-state index contributed by atoms with van der Waals surface area (Å²) in [6.45, 7) is 5.59. The molecular formula is C30H33NO7. The van der Waals surface area contributed by atoms with Crippen LogP contribution < -0.4 is 14.8 Å². The van der Waals surface area contributed by atoms with E-state index in [1.54, 1.807) is 47.1 Å². The van der Waals surface area contributed by atoms with Crippen LogP contribution in [0.15, 0.2) is 71.1 Å². The van der Waals surface area contributed by atoms with Crippen molar-refractivity contribution in [3.63, 3.8) is 0 Å². The summed E-state index contributed by atoms with van der Waals surface area (Å²) in [6, 6.07) is 14.6. The van der Waals surface area contributed by atoms with E-state index < -0.39 is 29.7 Å². The fourth-order valence-electron chi connectivity index (χ4n) is 5.31. The molecule has 3 unspecified atom stereocenters. The summed E-state index contributed by atoms with van der Waals surface area (Å²) in [7, 11) is 3.15. The lowest BCUT2D eigenvalue weighted by atomic mass is 9.67. The van der Waals surface area contributed by atoms with Gasteiger partial charge in [-0.2, -0.15) is 0 Å². The molecule has 8 nitrogen and oxygen atoms in total. The third kappa shape index (κ3) is 5.03. The molecule has 0 saturated heterocycles. The van der Waals surface area contributed by atoms with Crippen LogP contribution in [0.4, 0.5) is 0 Å². The van der Waals surface area contributed by atoms with Gasteiger partial charge in [0.05, 0.1) is 33.0 Å². The number of ether oxygens (including phenoxy) is 4. The predicted molar refractivity (Wildman–Crippen MR) is 141 cm³/mol. The summed E-state index contributed by atoms with van der Waals surface area (Å²) in [5.74, 6) is -2.36. The Morgan fingerprint density at radius 2 is 1.42 bits per heavy atom. The minimum Gasteiger partial charge on any atom is -0.497 e. The minimum absolute atomic E-state index is 0.150. The first kappa shape index (κ1) is 27.0. The highest BCUT2D eigenvalue weighted by Crippen LogP contribution is 2.48. The number of benzene rings is 2. The second-order valence-electron chi connectivity index (χ2n) is 9.16. The molecule has 0 radical (unpaired) electrons. The fourth-order valence-corrected chi connectivity index (χ4v) is 5.31. The first-order valence-corrected chi connectivity index (χ1v) is 12.7. The highest BCUT2D eigenvalue weighted by atomic mass is 16.5. The lowest BCUT2D eigenvalue weighted by molar-refractivity contribution is -0.152. The van der Waals surface area contributed by atoms with Crippen LogP contribution in [0.5, 0.6) is 11.5 Å². The lowest BCUT2D eigenvalue weighted by Crippen LogP contribution is -2.43. The van der Waals surface area contributed by atoms with Crippen LogP contribution in [0.3, 0.4) is 0 Å². The van der Waals surface area contributed by atoms with Crippen LogP contribution >= 0.6 is 0 Å². The van der Waals surface area contributed by atoms with Gasteiger partial charge in [-0.25, -0.2) is 4.79 Å². The Hall–Kier alpha value is -4.07. The number of ketones is 1. The Kier molecular flexibility index (Phi) is 8.20. The lowest BCUT2D eigenvalue weighted by Gasteiger charge is -2.39. The maximum atomic E-state index is 14.3. The van der Waals surface area contributed by atoms with E-state index in [1.165, 1.54) is 0 Å². The highest BCUT2D eigenvalue weighted by Gasteiger charge is 2.49. The molecule has 0 fully saturated rings. The molecule has 8 heteroatoms. The van der Waals surface area contributed by atoms with Gasteiger partial charge in [0.1, 0.15) is 17.4 Å². The average Bonchev–Trinajstić information content (AvgIpc) is 2.92. The third-order valence-electron chi connectivity index (χ3n) is 7.05. The number of carbonyl (C=O) groups excluding carboxylic acids is 3. The molecule has 1 heterocycles. The van der Waals surface area contributed by atoms with Crippen LogP contribution in [0.2, 0.25) is 0 Å². The molecular weight excluding hydrogens is 486 g/mol. The van der Waals surface area contributed by atoms with Gasteiger partial charge < -0.3 is 24.3 Å². The molecule has 2 aliphatic rings. The molecule has 0 aromatic heterocycles. The van der Waals surface area contributed by atoms with Crippen LogP contribution in [0.1, 0.15) is 50.2 Å². The second kappa shape index (κ2) is 11.5. The van der Waals surface area contributed by atoms with Gasteiger partial charge in [-0.05, 0) is 62.6 Å². The van der Waals surface area contributed by atoms with Crippen molar-refractivity contribution < 1.29 is 33.3 Å². The van der Waals surface area contributed by atoms with E-state index in [-0.39, 0.29) is 19.0 Å². The van der Waals surface area contributed by atoms with E-state index >= 15 is 0 Å². The van der Waals surface area contributed by atoms with Crippen molar-refractivity contribution in [2.45, 2.75) is 39.0 Å². The highest BCUT2D eigenvalue weighted by molar-refractivity contribution is 6.13. The van der Waals surface area contributed by atoms with Gasteiger partial charge >= 0.3 is 11.9 Å². The van der Waals surface area contributed by atoms with Crippen molar-refractivity contribution in [1.29, 1.82) is 0 Å². The van der Waals surface area contributed by atoms with Crippen LogP contribution in [0, 0.1) is 5.92 Å². The first-order chi connectivity index (χ1) is 18.3. The number of hydrogen-bond donors (Lipinski definition) is 1. The van der Waals surface area contributed by atoms with E-state index in [2.05, 4.69) is 5.32 Å². The predicted octanol–water partition coefficient (Wildman–Crippen LogP) is 4.42. The van der Waals surface area contributed by atoms with Gasteiger partial charge in [0.2, 0.25) is 0 Å². The molecule has 2 aromatic rings. The molecule has 0 bridgehead atoms. The Labute approximate surface area is 222 Å². The van der Waals surface area contributed by atoms with Gasteiger partial charge in [0, 0.05) is 28.8 Å².